The number of esters is 1. The molecule has 0 aliphatic rings. The maximum atomic E-state index is 11.9. The van der Waals surface area contributed by atoms with E-state index < -0.39 is 0 Å². The fraction of sp³-hybridized carbons (Fsp3) is 0.353. The van der Waals surface area contributed by atoms with Crippen LogP contribution in [0.2, 0.25) is 0 Å². The van der Waals surface area contributed by atoms with E-state index in [2.05, 4.69) is 30.5 Å². The molecule has 0 saturated heterocycles. The molecule has 1 heterocycles. The molecule has 0 aliphatic heterocycles. The quantitative estimate of drug-likeness (QED) is 0.774. The molecule has 106 valence electrons. The smallest absolute Gasteiger partial charge is 0.354 e. The minimum Gasteiger partial charge on any atom is -0.464 e. The van der Waals surface area contributed by atoms with E-state index in [1.165, 1.54) is 12.7 Å². The van der Waals surface area contributed by atoms with Gasteiger partial charge in [0.25, 0.3) is 0 Å². The van der Waals surface area contributed by atoms with Crippen molar-refractivity contribution in [1.29, 1.82) is 0 Å². The summed E-state index contributed by atoms with van der Waals surface area (Å²) in [5, 5.41) is 0. The van der Waals surface area contributed by atoms with Gasteiger partial charge in [0.05, 0.1) is 7.11 Å². The van der Waals surface area contributed by atoms with Crippen molar-refractivity contribution in [3.63, 3.8) is 0 Å². The highest BCUT2D eigenvalue weighted by Crippen LogP contribution is 2.22. The van der Waals surface area contributed by atoms with Crippen LogP contribution in [-0.4, -0.2) is 17.6 Å². The topological polar surface area (TPSA) is 31.2 Å². The van der Waals surface area contributed by atoms with Crippen LogP contribution in [0.5, 0.6) is 0 Å². The number of aromatic nitrogens is 1. The van der Waals surface area contributed by atoms with E-state index in [0.717, 1.165) is 18.5 Å². The van der Waals surface area contributed by atoms with Gasteiger partial charge in [-0.25, -0.2) is 4.79 Å². The number of methoxy groups -OCH3 is 1. The van der Waals surface area contributed by atoms with Crippen LogP contribution in [0.1, 0.15) is 48.1 Å². The molecule has 0 spiro atoms. The molecule has 3 nitrogen and oxygen atoms in total. The zero-order valence-corrected chi connectivity index (χ0v) is 12.3. The Labute approximate surface area is 120 Å². The maximum Gasteiger partial charge on any atom is 0.354 e. The van der Waals surface area contributed by atoms with E-state index in [1.54, 1.807) is 0 Å². The molecule has 2 rings (SSSR count). The minimum absolute atomic E-state index is 0.274. The molecule has 0 amide bonds. The first kappa shape index (κ1) is 14.4. The predicted molar refractivity (Wildman–Crippen MR) is 80.0 cm³/mol. The van der Waals surface area contributed by atoms with Crippen LogP contribution >= 0.6 is 0 Å². The molecule has 0 saturated carbocycles. The lowest BCUT2D eigenvalue weighted by Gasteiger charge is -2.18. The van der Waals surface area contributed by atoms with Gasteiger partial charge in [0.15, 0.2) is 0 Å². The Hall–Kier alpha value is -2.03. The SMILES string of the molecule is CCC(C)n1c(Cc2ccccc2)ccc1C(=O)OC. The molecule has 0 aliphatic carbocycles. The Morgan fingerprint density at radius 2 is 1.90 bits per heavy atom. The van der Waals surface area contributed by atoms with Crippen LogP contribution < -0.4 is 0 Å². The van der Waals surface area contributed by atoms with Crippen LogP contribution in [-0.2, 0) is 11.2 Å². The zero-order chi connectivity index (χ0) is 14.5. The summed E-state index contributed by atoms with van der Waals surface area (Å²) in [6.07, 6.45) is 1.79. The van der Waals surface area contributed by atoms with E-state index in [-0.39, 0.29) is 12.0 Å². The number of carbonyl (C=O) groups excluding carboxylic acids is 1. The first-order valence-electron chi connectivity index (χ1n) is 6.99. The fourth-order valence-corrected chi connectivity index (χ4v) is 2.41. The van der Waals surface area contributed by atoms with Crippen molar-refractivity contribution in [2.75, 3.05) is 7.11 Å². The lowest BCUT2D eigenvalue weighted by Crippen LogP contribution is -2.16. The van der Waals surface area contributed by atoms with Crippen molar-refractivity contribution in [3.8, 4) is 0 Å². The third-order valence-electron chi connectivity index (χ3n) is 3.66. The van der Waals surface area contributed by atoms with E-state index in [4.69, 9.17) is 4.74 Å². The van der Waals surface area contributed by atoms with Crippen molar-refractivity contribution in [2.45, 2.75) is 32.7 Å². The van der Waals surface area contributed by atoms with Gasteiger partial charge in [0, 0.05) is 18.2 Å². The average molecular weight is 271 g/mol. The second-order valence-electron chi connectivity index (χ2n) is 4.99. The molecule has 20 heavy (non-hydrogen) atoms. The van der Waals surface area contributed by atoms with E-state index in [0.29, 0.717) is 5.69 Å². The molecule has 1 unspecified atom stereocenters. The average Bonchev–Trinajstić information content (AvgIpc) is 2.90. The summed E-state index contributed by atoms with van der Waals surface area (Å²) in [6.45, 7) is 4.25. The number of carbonyl (C=O) groups is 1. The minimum atomic E-state index is -0.274. The van der Waals surface area contributed by atoms with Crippen molar-refractivity contribution >= 4 is 5.97 Å². The molecule has 0 fully saturated rings. The Morgan fingerprint density at radius 3 is 2.50 bits per heavy atom. The van der Waals surface area contributed by atoms with Crippen molar-refractivity contribution in [3.05, 3.63) is 59.4 Å². The highest BCUT2D eigenvalue weighted by atomic mass is 16.5. The van der Waals surface area contributed by atoms with Gasteiger partial charge in [0.2, 0.25) is 0 Å². The number of rotatable bonds is 5. The molecular weight excluding hydrogens is 250 g/mol. The zero-order valence-electron chi connectivity index (χ0n) is 12.3. The molecule has 3 heteroatoms. The Kier molecular flexibility index (Phi) is 4.61. The largest absolute Gasteiger partial charge is 0.464 e. The summed E-state index contributed by atoms with van der Waals surface area (Å²) in [6, 6.07) is 14.4. The highest BCUT2D eigenvalue weighted by molar-refractivity contribution is 5.88. The van der Waals surface area contributed by atoms with Gasteiger partial charge in [-0.3, -0.25) is 0 Å². The molecule has 2 aromatic rings. The van der Waals surface area contributed by atoms with E-state index in [9.17, 15) is 4.79 Å². The summed E-state index contributed by atoms with van der Waals surface area (Å²) in [7, 11) is 1.42. The number of nitrogens with zero attached hydrogens (tertiary/aromatic N) is 1. The summed E-state index contributed by atoms with van der Waals surface area (Å²) < 4.78 is 6.97. The van der Waals surface area contributed by atoms with Gasteiger partial charge in [-0.05, 0) is 31.0 Å². The predicted octanol–water partition coefficient (Wildman–Crippen LogP) is 3.84. The second kappa shape index (κ2) is 6.42. The van der Waals surface area contributed by atoms with Gasteiger partial charge in [-0.2, -0.15) is 0 Å². The molecule has 1 aromatic carbocycles. The third-order valence-corrected chi connectivity index (χ3v) is 3.66. The van der Waals surface area contributed by atoms with Gasteiger partial charge in [0.1, 0.15) is 5.69 Å². The summed E-state index contributed by atoms with van der Waals surface area (Å²) in [5.74, 6) is -0.274. The van der Waals surface area contributed by atoms with Crippen LogP contribution in [0.15, 0.2) is 42.5 Å². The van der Waals surface area contributed by atoms with Crippen LogP contribution in [0.4, 0.5) is 0 Å². The molecule has 0 radical (unpaired) electrons. The Balaban J connectivity index is 2.38. The number of benzene rings is 1. The first-order chi connectivity index (χ1) is 9.67. The maximum absolute atomic E-state index is 11.9. The Bertz CT molecular complexity index is 572. The molecule has 1 atom stereocenters. The van der Waals surface area contributed by atoms with Crippen LogP contribution in [0.25, 0.3) is 0 Å². The number of hydrogen-bond donors (Lipinski definition) is 0. The lowest BCUT2D eigenvalue weighted by atomic mass is 10.1. The van der Waals surface area contributed by atoms with Crippen molar-refractivity contribution < 1.29 is 9.53 Å². The summed E-state index contributed by atoms with van der Waals surface area (Å²) in [5.41, 5.74) is 3.02. The van der Waals surface area contributed by atoms with Crippen LogP contribution in [0, 0.1) is 0 Å². The van der Waals surface area contributed by atoms with Gasteiger partial charge >= 0.3 is 5.97 Å². The lowest BCUT2D eigenvalue weighted by molar-refractivity contribution is 0.0585. The molecule has 0 bridgehead atoms. The normalized spacial score (nSPS) is 12.2. The standard InChI is InChI=1S/C17H21NO2/c1-4-13(2)18-15(10-11-16(18)17(19)20-3)12-14-8-6-5-7-9-14/h5-11,13H,4,12H2,1-3H3. The monoisotopic (exact) mass is 271 g/mol. The Morgan fingerprint density at radius 1 is 1.20 bits per heavy atom. The second-order valence-corrected chi connectivity index (χ2v) is 4.99. The van der Waals surface area contributed by atoms with Gasteiger partial charge in [-0.1, -0.05) is 37.3 Å². The van der Waals surface area contributed by atoms with Crippen molar-refractivity contribution in [1.82, 2.24) is 4.57 Å². The summed E-state index contributed by atoms with van der Waals surface area (Å²) in [4.78, 5) is 11.9. The van der Waals surface area contributed by atoms with Gasteiger partial charge < -0.3 is 9.30 Å². The van der Waals surface area contributed by atoms with Gasteiger partial charge in [-0.15, -0.1) is 0 Å². The fourth-order valence-electron chi connectivity index (χ4n) is 2.41. The van der Waals surface area contributed by atoms with Crippen LogP contribution in [0.3, 0.4) is 0 Å². The van der Waals surface area contributed by atoms with E-state index in [1.807, 2.05) is 30.3 Å². The number of hydrogen-bond acceptors (Lipinski definition) is 2. The molecular formula is C17H21NO2. The molecule has 1 aromatic heterocycles. The van der Waals surface area contributed by atoms with E-state index >= 15 is 0 Å². The number of ether oxygens (including phenoxy) is 1. The molecule has 0 N–H and O–H groups in total. The highest BCUT2D eigenvalue weighted by Gasteiger charge is 2.18. The summed E-state index contributed by atoms with van der Waals surface area (Å²) >= 11 is 0. The van der Waals surface area contributed by atoms with Crippen molar-refractivity contribution in [2.24, 2.45) is 0 Å². The third kappa shape index (κ3) is 2.93. The first-order valence-corrected chi connectivity index (χ1v) is 6.99.